The molecule has 0 N–H and O–H groups in total. The van der Waals surface area contributed by atoms with Gasteiger partial charge in [-0.1, -0.05) is 0 Å². The van der Waals surface area contributed by atoms with Gasteiger partial charge in [0.2, 0.25) is 11.7 Å². The van der Waals surface area contributed by atoms with Crippen LogP contribution in [0.25, 0.3) is 0 Å². The Hall–Kier alpha value is -1.01. The van der Waals surface area contributed by atoms with Crippen molar-refractivity contribution in [3.63, 3.8) is 0 Å². The molecule has 0 aromatic carbocycles. The van der Waals surface area contributed by atoms with E-state index in [9.17, 15) is 31.5 Å². The van der Waals surface area contributed by atoms with E-state index in [1.54, 1.807) is 0 Å². The Morgan fingerprint density at radius 2 is 1.59 bits per heavy atom. The normalized spacial score (nSPS) is 21.2. The van der Waals surface area contributed by atoms with E-state index >= 15 is 0 Å². The van der Waals surface area contributed by atoms with Crippen LogP contribution in [0.5, 0.6) is 0 Å². The van der Waals surface area contributed by atoms with Gasteiger partial charge in [0.1, 0.15) is 5.78 Å². The first kappa shape index (κ1) is 14.1. The average Bonchev–Trinajstić information content (AvgIpc) is 2.15. The molecule has 0 saturated heterocycles. The van der Waals surface area contributed by atoms with Crippen molar-refractivity contribution in [2.24, 2.45) is 5.92 Å². The van der Waals surface area contributed by atoms with Gasteiger partial charge in [0.05, 0.1) is 6.42 Å². The van der Waals surface area contributed by atoms with Gasteiger partial charge in [0, 0.05) is 18.8 Å². The molecule has 0 atom stereocenters. The van der Waals surface area contributed by atoms with E-state index < -0.39 is 48.8 Å². The average molecular weight is 258 g/mol. The first-order valence-electron chi connectivity index (χ1n) is 5.12. The molecule has 0 heterocycles. The zero-order valence-corrected chi connectivity index (χ0v) is 8.82. The Kier molecular flexibility index (Phi) is 3.88. The van der Waals surface area contributed by atoms with E-state index in [1.165, 1.54) is 0 Å². The SMILES string of the molecule is O=C(CC(=O)C(F)(F)F)C1CCC(F)(F)CC1. The van der Waals surface area contributed by atoms with Crippen molar-refractivity contribution in [1.29, 1.82) is 0 Å². The number of rotatable bonds is 3. The third-order valence-electron chi connectivity index (χ3n) is 2.82. The molecule has 1 aliphatic carbocycles. The van der Waals surface area contributed by atoms with Gasteiger partial charge in [-0.3, -0.25) is 9.59 Å². The summed E-state index contributed by atoms with van der Waals surface area (Å²) in [6.45, 7) is 0. The van der Waals surface area contributed by atoms with Crippen molar-refractivity contribution in [3.8, 4) is 0 Å². The van der Waals surface area contributed by atoms with Crippen molar-refractivity contribution in [2.75, 3.05) is 0 Å². The summed E-state index contributed by atoms with van der Waals surface area (Å²) in [5.74, 6) is -6.69. The first-order chi connectivity index (χ1) is 7.62. The van der Waals surface area contributed by atoms with Crippen LogP contribution in [0.4, 0.5) is 22.0 Å². The zero-order valence-electron chi connectivity index (χ0n) is 8.82. The third kappa shape index (κ3) is 4.05. The number of carbonyl (C=O) groups excluding carboxylic acids is 2. The minimum Gasteiger partial charge on any atom is -0.299 e. The largest absolute Gasteiger partial charge is 0.450 e. The molecule has 7 heteroatoms. The van der Waals surface area contributed by atoms with Crippen LogP contribution in [0.2, 0.25) is 0 Å². The van der Waals surface area contributed by atoms with Crippen LogP contribution in [-0.2, 0) is 9.59 Å². The monoisotopic (exact) mass is 258 g/mol. The maximum Gasteiger partial charge on any atom is 0.450 e. The first-order valence-corrected chi connectivity index (χ1v) is 5.12. The summed E-state index contributed by atoms with van der Waals surface area (Å²) in [4.78, 5) is 21.9. The molecule has 0 aromatic heterocycles. The quantitative estimate of drug-likeness (QED) is 0.576. The number of ketones is 2. The van der Waals surface area contributed by atoms with Gasteiger partial charge in [-0.2, -0.15) is 13.2 Å². The highest BCUT2D eigenvalue weighted by atomic mass is 19.4. The van der Waals surface area contributed by atoms with Crippen LogP contribution in [-0.4, -0.2) is 23.7 Å². The highest BCUT2D eigenvalue weighted by Gasteiger charge is 2.42. The lowest BCUT2D eigenvalue weighted by Crippen LogP contribution is -2.32. The number of alkyl halides is 5. The Morgan fingerprint density at radius 1 is 1.12 bits per heavy atom. The van der Waals surface area contributed by atoms with Crippen molar-refractivity contribution in [3.05, 3.63) is 0 Å². The number of carbonyl (C=O) groups is 2. The molecule has 17 heavy (non-hydrogen) atoms. The molecule has 98 valence electrons. The summed E-state index contributed by atoms with van der Waals surface area (Å²) in [5, 5.41) is 0. The molecule has 0 spiro atoms. The topological polar surface area (TPSA) is 34.1 Å². The minimum atomic E-state index is -5.03. The second-order valence-corrected chi connectivity index (χ2v) is 4.19. The lowest BCUT2D eigenvalue weighted by molar-refractivity contribution is -0.172. The summed E-state index contributed by atoms with van der Waals surface area (Å²) in [5.41, 5.74) is 0. The van der Waals surface area contributed by atoms with Gasteiger partial charge >= 0.3 is 6.18 Å². The Balaban J connectivity index is 2.48. The van der Waals surface area contributed by atoms with E-state index in [2.05, 4.69) is 0 Å². The lowest BCUT2D eigenvalue weighted by Gasteiger charge is -2.27. The maximum absolute atomic E-state index is 12.7. The molecule has 1 rings (SSSR count). The van der Waals surface area contributed by atoms with Crippen molar-refractivity contribution >= 4 is 11.6 Å². The molecule has 0 bridgehead atoms. The van der Waals surface area contributed by atoms with E-state index in [1.807, 2.05) is 0 Å². The van der Waals surface area contributed by atoms with Gasteiger partial charge in [-0.15, -0.1) is 0 Å². The second-order valence-electron chi connectivity index (χ2n) is 4.19. The molecule has 1 fully saturated rings. The summed E-state index contributed by atoms with van der Waals surface area (Å²) >= 11 is 0. The van der Waals surface area contributed by atoms with Gasteiger partial charge in [0.25, 0.3) is 0 Å². The molecule has 0 radical (unpaired) electrons. The molecule has 1 aliphatic rings. The molecule has 1 saturated carbocycles. The summed E-state index contributed by atoms with van der Waals surface area (Å²) in [6.07, 6.45) is -7.60. The number of Topliss-reactive ketones (excluding diaryl/α,β-unsaturated/α-hetero) is 2. The van der Waals surface area contributed by atoms with E-state index in [4.69, 9.17) is 0 Å². The molecule has 2 nitrogen and oxygen atoms in total. The molecular formula is C10H11F5O2. The fourth-order valence-electron chi connectivity index (χ4n) is 1.76. The van der Waals surface area contributed by atoms with Crippen LogP contribution in [0.1, 0.15) is 32.1 Å². The molecule has 0 aromatic rings. The fourth-order valence-corrected chi connectivity index (χ4v) is 1.76. The van der Waals surface area contributed by atoms with E-state index in [0.29, 0.717) is 0 Å². The molecule has 0 unspecified atom stereocenters. The second kappa shape index (κ2) is 4.70. The maximum atomic E-state index is 12.7. The van der Waals surface area contributed by atoms with Gasteiger partial charge in [-0.25, -0.2) is 8.78 Å². The van der Waals surface area contributed by atoms with E-state index in [0.717, 1.165) is 0 Å². The van der Waals surface area contributed by atoms with Gasteiger partial charge < -0.3 is 0 Å². The minimum absolute atomic E-state index is 0.156. The van der Waals surface area contributed by atoms with E-state index in [-0.39, 0.29) is 12.8 Å². The van der Waals surface area contributed by atoms with Gasteiger partial charge in [-0.05, 0) is 12.8 Å². The third-order valence-corrected chi connectivity index (χ3v) is 2.82. The number of halogens is 5. The standard InChI is InChI=1S/C10H11F5O2/c11-9(12)3-1-6(2-4-9)7(16)5-8(17)10(13,14)15/h6H,1-5H2. The molecule has 0 aliphatic heterocycles. The summed E-state index contributed by atoms with van der Waals surface area (Å²) < 4.78 is 61.1. The highest BCUT2D eigenvalue weighted by Crippen LogP contribution is 2.37. The Labute approximate surface area is 94.2 Å². The lowest BCUT2D eigenvalue weighted by atomic mass is 9.83. The van der Waals surface area contributed by atoms with Gasteiger partial charge in [0.15, 0.2) is 0 Å². The Bertz CT molecular complexity index is 311. The van der Waals surface area contributed by atoms with Crippen LogP contribution in [0, 0.1) is 5.92 Å². The fraction of sp³-hybridized carbons (Fsp3) is 0.800. The molecule has 0 amide bonds. The van der Waals surface area contributed by atoms with Crippen LogP contribution < -0.4 is 0 Å². The number of hydrogen-bond donors (Lipinski definition) is 0. The molecular weight excluding hydrogens is 247 g/mol. The highest BCUT2D eigenvalue weighted by molar-refractivity contribution is 6.02. The predicted octanol–water partition coefficient (Wildman–Crippen LogP) is 2.90. The van der Waals surface area contributed by atoms with Crippen molar-refractivity contribution in [1.82, 2.24) is 0 Å². The smallest absolute Gasteiger partial charge is 0.299 e. The van der Waals surface area contributed by atoms with Crippen LogP contribution >= 0.6 is 0 Å². The summed E-state index contributed by atoms with van der Waals surface area (Å²) in [7, 11) is 0. The predicted molar refractivity (Wildman–Crippen MR) is 47.6 cm³/mol. The van der Waals surface area contributed by atoms with Crippen LogP contribution in [0.3, 0.4) is 0 Å². The number of hydrogen-bond acceptors (Lipinski definition) is 2. The zero-order chi connectivity index (χ0) is 13.3. The van der Waals surface area contributed by atoms with Crippen molar-refractivity contribution in [2.45, 2.75) is 44.2 Å². The summed E-state index contributed by atoms with van der Waals surface area (Å²) in [6, 6.07) is 0. The Morgan fingerprint density at radius 3 is 2.00 bits per heavy atom. The van der Waals surface area contributed by atoms with Crippen LogP contribution in [0.15, 0.2) is 0 Å². The van der Waals surface area contributed by atoms with Crippen molar-refractivity contribution < 1.29 is 31.5 Å².